The first-order valence-electron chi connectivity index (χ1n) is 8.61. The van der Waals surface area contributed by atoms with Crippen molar-refractivity contribution in [2.24, 2.45) is 0 Å². The molecule has 4 heteroatoms. The summed E-state index contributed by atoms with van der Waals surface area (Å²) in [5.74, 6) is 1.23. The first-order valence-corrected chi connectivity index (χ1v) is 9.66. The van der Waals surface area contributed by atoms with E-state index in [1.54, 1.807) is 0 Å². The van der Waals surface area contributed by atoms with Gasteiger partial charge in [0, 0.05) is 35.7 Å². The average Bonchev–Trinajstić information content (AvgIpc) is 2.86. The molecule has 1 atom stereocenters. The summed E-state index contributed by atoms with van der Waals surface area (Å²) < 4.78 is 2.16. The van der Waals surface area contributed by atoms with Crippen LogP contribution in [0.15, 0.2) is 6.07 Å². The van der Waals surface area contributed by atoms with Crippen LogP contribution in [0, 0.1) is 6.92 Å². The van der Waals surface area contributed by atoms with Crippen molar-refractivity contribution in [3.63, 3.8) is 0 Å². The summed E-state index contributed by atoms with van der Waals surface area (Å²) in [6.45, 7) is 8.50. The Balaban J connectivity index is 1.88. The number of aryl methyl sites for hydroxylation is 2. The van der Waals surface area contributed by atoms with Crippen molar-refractivity contribution >= 4 is 11.8 Å². The molecule has 120 valence electrons. The van der Waals surface area contributed by atoms with E-state index in [0.29, 0.717) is 6.04 Å². The van der Waals surface area contributed by atoms with E-state index in [4.69, 9.17) is 0 Å². The predicted octanol–water partition coefficient (Wildman–Crippen LogP) is 3.80. The molecule has 1 fully saturated rings. The van der Waals surface area contributed by atoms with Gasteiger partial charge in [-0.2, -0.15) is 16.9 Å². The van der Waals surface area contributed by atoms with E-state index in [1.807, 2.05) is 0 Å². The molecule has 0 bridgehead atoms. The molecule has 1 saturated carbocycles. The summed E-state index contributed by atoms with van der Waals surface area (Å²) >= 11 is 2.19. The molecule has 1 unspecified atom stereocenters. The third-order valence-electron chi connectivity index (χ3n) is 4.32. The highest BCUT2D eigenvalue weighted by molar-refractivity contribution is 7.99. The first kappa shape index (κ1) is 16.9. The van der Waals surface area contributed by atoms with Gasteiger partial charge in [-0.3, -0.25) is 4.68 Å². The molecule has 2 rings (SSSR count). The van der Waals surface area contributed by atoms with Crippen LogP contribution in [0.1, 0.15) is 57.3 Å². The van der Waals surface area contributed by atoms with Crippen molar-refractivity contribution < 1.29 is 0 Å². The number of aromatic nitrogens is 2. The molecule has 1 aliphatic carbocycles. The second kappa shape index (κ2) is 8.84. The van der Waals surface area contributed by atoms with Crippen molar-refractivity contribution in [2.75, 3.05) is 12.3 Å². The van der Waals surface area contributed by atoms with Gasteiger partial charge in [0.1, 0.15) is 0 Å². The zero-order chi connectivity index (χ0) is 15.1. The summed E-state index contributed by atoms with van der Waals surface area (Å²) in [6, 6.07) is 2.82. The highest BCUT2D eigenvalue weighted by Crippen LogP contribution is 2.28. The Labute approximate surface area is 134 Å². The Morgan fingerprint density at radius 1 is 1.33 bits per heavy atom. The Bertz CT molecular complexity index is 410. The van der Waals surface area contributed by atoms with E-state index in [-0.39, 0.29) is 0 Å². The van der Waals surface area contributed by atoms with Crippen LogP contribution < -0.4 is 5.32 Å². The Morgan fingerprint density at radius 2 is 2.10 bits per heavy atom. The third kappa shape index (κ3) is 5.33. The maximum absolute atomic E-state index is 4.57. The topological polar surface area (TPSA) is 29.9 Å². The molecular formula is C17H31N3S. The summed E-state index contributed by atoms with van der Waals surface area (Å²) in [6.07, 6.45) is 8.27. The molecule has 1 aliphatic rings. The highest BCUT2D eigenvalue weighted by atomic mass is 32.2. The van der Waals surface area contributed by atoms with Crippen molar-refractivity contribution in [1.29, 1.82) is 0 Å². The van der Waals surface area contributed by atoms with Crippen molar-refractivity contribution in [3.05, 3.63) is 17.5 Å². The molecule has 3 nitrogen and oxygen atoms in total. The molecule has 0 aromatic carbocycles. The number of hydrogen-bond donors (Lipinski definition) is 1. The maximum Gasteiger partial charge on any atom is 0.0596 e. The van der Waals surface area contributed by atoms with Gasteiger partial charge in [-0.1, -0.05) is 26.2 Å². The van der Waals surface area contributed by atoms with E-state index in [9.17, 15) is 0 Å². The van der Waals surface area contributed by atoms with Gasteiger partial charge in [0.2, 0.25) is 0 Å². The fourth-order valence-corrected chi connectivity index (χ4v) is 4.66. The molecule has 0 amide bonds. The smallest absolute Gasteiger partial charge is 0.0596 e. The van der Waals surface area contributed by atoms with Crippen molar-refractivity contribution in [2.45, 2.75) is 77.1 Å². The van der Waals surface area contributed by atoms with Crippen LogP contribution in [-0.4, -0.2) is 33.4 Å². The zero-order valence-corrected chi connectivity index (χ0v) is 14.7. The van der Waals surface area contributed by atoms with E-state index >= 15 is 0 Å². The second-order valence-corrected chi connectivity index (χ2v) is 7.48. The number of thioether (sulfide) groups is 1. The largest absolute Gasteiger partial charge is 0.313 e. The number of nitrogens with one attached hydrogen (secondary N) is 1. The monoisotopic (exact) mass is 309 g/mol. The molecule has 1 aromatic heterocycles. The van der Waals surface area contributed by atoms with E-state index < -0.39 is 0 Å². The van der Waals surface area contributed by atoms with E-state index in [2.05, 4.69) is 53.7 Å². The van der Waals surface area contributed by atoms with Crippen LogP contribution in [0.3, 0.4) is 0 Å². The fraction of sp³-hybridized carbons (Fsp3) is 0.824. The van der Waals surface area contributed by atoms with Crippen LogP contribution in [0.2, 0.25) is 0 Å². The van der Waals surface area contributed by atoms with E-state index in [0.717, 1.165) is 30.5 Å². The molecule has 0 saturated heterocycles. The number of likely N-dealkylation sites (N-methyl/N-ethyl adjacent to an activating group) is 1. The van der Waals surface area contributed by atoms with Gasteiger partial charge in [0.25, 0.3) is 0 Å². The van der Waals surface area contributed by atoms with Gasteiger partial charge in [-0.25, -0.2) is 0 Å². The Kier molecular flexibility index (Phi) is 7.11. The number of nitrogens with zero attached hydrogens (tertiary/aromatic N) is 2. The second-order valence-electron chi connectivity index (χ2n) is 6.14. The first-order chi connectivity index (χ1) is 10.2. The lowest BCUT2D eigenvalue weighted by atomic mass is 10.0. The molecule has 21 heavy (non-hydrogen) atoms. The third-order valence-corrected chi connectivity index (χ3v) is 5.86. The van der Waals surface area contributed by atoms with Gasteiger partial charge in [0.15, 0.2) is 0 Å². The molecule has 0 aliphatic heterocycles. The maximum atomic E-state index is 4.57. The number of hydrogen-bond acceptors (Lipinski definition) is 3. The van der Waals surface area contributed by atoms with Gasteiger partial charge >= 0.3 is 0 Å². The zero-order valence-electron chi connectivity index (χ0n) is 13.9. The van der Waals surface area contributed by atoms with Crippen LogP contribution in [0.5, 0.6) is 0 Å². The molecule has 1 aromatic rings. The van der Waals surface area contributed by atoms with Crippen LogP contribution >= 0.6 is 11.8 Å². The minimum Gasteiger partial charge on any atom is -0.313 e. The normalized spacial score (nSPS) is 18.0. The van der Waals surface area contributed by atoms with Gasteiger partial charge in [-0.05, 0) is 39.3 Å². The van der Waals surface area contributed by atoms with E-state index in [1.165, 1.54) is 43.6 Å². The number of rotatable bonds is 8. The lowest BCUT2D eigenvalue weighted by Crippen LogP contribution is -2.34. The average molecular weight is 310 g/mol. The molecular weight excluding hydrogens is 278 g/mol. The Hall–Kier alpha value is -0.480. The molecule has 0 spiro atoms. The van der Waals surface area contributed by atoms with Gasteiger partial charge < -0.3 is 5.32 Å². The standard InChI is InChI=1S/C17H31N3S/c1-4-18-15(13-21-17-9-7-6-8-10-17)12-16-11-14(3)19-20(16)5-2/h11,15,17-18H,4-10,12-13H2,1-3H3. The quantitative estimate of drug-likeness (QED) is 0.792. The SMILES string of the molecule is CCNC(CSC1CCCCC1)Cc1cc(C)nn1CC. The van der Waals surface area contributed by atoms with Gasteiger partial charge in [0.05, 0.1) is 5.69 Å². The lowest BCUT2D eigenvalue weighted by Gasteiger charge is -2.24. The summed E-state index contributed by atoms with van der Waals surface area (Å²) in [7, 11) is 0. The lowest BCUT2D eigenvalue weighted by molar-refractivity contribution is 0.510. The predicted molar refractivity (Wildman–Crippen MR) is 93.1 cm³/mol. The van der Waals surface area contributed by atoms with Gasteiger partial charge in [-0.15, -0.1) is 0 Å². The molecule has 0 radical (unpaired) electrons. The van der Waals surface area contributed by atoms with Crippen molar-refractivity contribution in [1.82, 2.24) is 15.1 Å². The highest BCUT2D eigenvalue weighted by Gasteiger charge is 2.18. The summed E-state index contributed by atoms with van der Waals surface area (Å²) in [5.41, 5.74) is 2.52. The van der Waals surface area contributed by atoms with Crippen LogP contribution in [0.4, 0.5) is 0 Å². The summed E-state index contributed by atoms with van der Waals surface area (Å²) in [4.78, 5) is 0. The summed E-state index contributed by atoms with van der Waals surface area (Å²) in [5, 5.41) is 9.14. The van der Waals surface area contributed by atoms with Crippen LogP contribution in [-0.2, 0) is 13.0 Å². The fourth-order valence-electron chi connectivity index (χ4n) is 3.25. The molecule has 1 N–H and O–H groups in total. The van der Waals surface area contributed by atoms with Crippen LogP contribution in [0.25, 0.3) is 0 Å². The van der Waals surface area contributed by atoms with Crippen molar-refractivity contribution in [3.8, 4) is 0 Å². The minimum absolute atomic E-state index is 0.573. The minimum atomic E-state index is 0.573. The Morgan fingerprint density at radius 3 is 2.76 bits per heavy atom. The molecule has 1 heterocycles.